The first-order valence-electron chi connectivity index (χ1n) is 9.64. The van der Waals surface area contributed by atoms with E-state index in [4.69, 9.17) is 14.2 Å². The lowest BCUT2D eigenvalue weighted by Gasteiger charge is -2.25. The molecular formula is C23H28O6. The summed E-state index contributed by atoms with van der Waals surface area (Å²) in [6, 6.07) is 1.62. The first kappa shape index (κ1) is 22.4. The van der Waals surface area contributed by atoms with E-state index in [1.807, 2.05) is 26.8 Å². The van der Waals surface area contributed by atoms with Gasteiger partial charge in [0.15, 0.2) is 11.6 Å². The molecule has 1 aromatic rings. The Hall–Kier alpha value is -2.89. The van der Waals surface area contributed by atoms with Crippen LogP contribution in [-0.2, 0) is 9.53 Å². The fraction of sp³-hybridized carbons (Fsp3) is 0.435. The SMILES string of the molecule is CCC(C)C(=O)O[C@H](CC=C(C)C)c1cc(OC)c2c(c1OC)C(=O)C=CC2=O. The highest BCUT2D eigenvalue weighted by Gasteiger charge is 2.33. The van der Waals surface area contributed by atoms with Crippen LogP contribution in [0.4, 0.5) is 0 Å². The third-order valence-electron chi connectivity index (χ3n) is 4.94. The van der Waals surface area contributed by atoms with Gasteiger partial charge in [-0.2, -0.15) is 0 Å². The summed E-state index contributed by atoms with van der Waals surface area (Å²) in [4.78, 5) is 37.5. The highest BCUT2D eigenvalue weighted by Crippen LogP contribution is 2.42. The molecule has 6 heteroatoms. The van der Waals surface area contributed by atoms with Crippen LogP contribution < -0.4 is 9.47 Å². The van der Waals surface area contributed by atoms with E-state index in [0.717, 1.165) is 5.57 Å². The Labute approximate surface area is 171 Å². The molecule has 1 aliphatic rings. The summed E-state index contributed by atoms with van der Waals surface area (Å²) in [6.07, 6.45) is 4.75. The second kappa shape index (κ2) is 9.54. The summed E-state index contributed by atoms with van der Waals surface area (Å²) in [7, 11) is 2.86. The second-order valence-electron chi connectivity index (χ2n) is 7.27. The number of rotatable bonds is 8. The number of hydrogen-bond acceptors (Lipinski definition) is 6. The Morgan fingerprint density at radius 2 is 1.69 bits per heavy atom. The minimum atomic E-state index is -0.686. The number of carbonyl (C=O) groups is 3. The van der Waals surface area contributed by atoms with Gasteiger partial charge in [-0.3, -0.25) is 14.4 Å². The number of esters is 1. The van der Waals surface area contributed by atoms with Gasteiger partial charge in [0, 0.05) is 12.0 Å². The van der Waals surface area contributed by atoms with E-state index < -0.39 is 6.10 Å². The normalized spacial score (nSPS) is 14.7. The van der Waals surface area contributed by atoms with Gasteiger partial charge in [0.2, 0.25) is 0 Å². The lowest BCUT2D eigenvalue weighted by Crippen LogP contribution is -2.21. The molecule has 0 N–H and O–H groups in total. The van der Waals surface area contributed by atoms with Crippen molar-refractivity contribution in [1.29, 1.82) is 0 Å². The van der Waals surface area contributed by atoms with Crippen LogP contribution in [0.25, 0.3) is 0 Å². The maximum Gasteiger partial charge on any atom is 0.309 e. The quantitative estimate of drug-likeness (QED) is 0.468. The Morgan fingerprint density at radius 1 is 1.07 bits per heavy atom. The molecule has 2 rings (SSSR count). The van der Waals surface area contributed by atoms with Gasteiger partial charge < -0.3 is 14.2 Å². The molecule has 1 unspecified atom stereocenters. The molecule has 2 atom stereocenters. The van der Waals surface area contributed by atoms with Crippen LogP contribution >= 0.6 is 0 Å². The van der Waals surface area contributed by atoms with Gasteiger partial charge in [-0.1, -0.05) is 25.5 Å². The van der Waals surface area contributed by atoms with E-state index in [2.05, 4.69) is 0 Å². The van der Waals surface area contributed by atoms with Gasteiger partial charge in [-0.25, -0.2) is 0 Å². The molecule has 0 saturated carbocycles. The predicted octanol–water partition coefficient (Wildman–Crippen LogP) is 4.63. The zero-order valence-corrected chi connectivity index (χ0v) is 17.8. The monoisotopic (exact) mass is 400 g/mol. The van der Waals surface area contributed by atoms with Crippen LogP contribution in [0.3, 0.4) is 0 Å². The van der Waals surface area contributed by atoms with Crippen molar-refractivity contribution >= 4 is 17.5 Å². The molecule has 1 aliphatic carbocycles. The number of hydrogen-bond donors (Lipinski definition) is 0. The van der Waals surface area contributed by atoms with Crippen molar-refractivity contribution in [2.75, 3.05) is 14.2 Å². The smallest absolute Gasteiger partial charge is 0.309 e. The first-order chi connectivity index (χ1) is 13.7. The van der Waals surface area contributed by atoms with E-state index in [1.165, 1.54) is 26.4 Å². The first-order valence-corrected chi connectivity index (χ1v) is 9.64. The molecule has 1 aromatic carbocycles. The molecule has 0 saturated heterocycles. The minimum absolute atomic E-state index is 0.135. The van der Waals surface area contributed by atoms with Crippen molar-refractivity contribution in [3.8, 4) is 11.5 Å². The molecule has 156 valence electrons. The lowest BCUT2D eigenvalue weighted by atomic mass is 9.88. The molecule has 0 heterocycles. The van der Waals surface area contributed by atoms with Crippen LogP contribution in [0.15, 0.2) is 29.9 Å². The number of carbonyl (C=O) groups excluding carboxylic acids is 3. The molecule has 0 aromatic heterocycles. The molecule has 0 bridgehead atoms. The van der Waals surface area contributed by atoms with Crippen LogP contribution in [0.5, 0.6) is 11.5 Å². The van der Waals surface area contributed by atoms with Crippen molar-refractivity contribution in [3.63, 3.8) is 0 Å². The second-order valence-corrected chi connectivity index (χ2v) is 7.27. The molecule has 0 amide bonds. The van der Waals surface area contributed by atoms with Crippen molar-refractivity contribution in [2.24, 2.45) is 5.92 Å². The zero-order chi connectivity index (χ0) is 21.7. The van der Waals surface area contributed by atoms with Gasteiger partial charge in [0.1, 0.15) is 17.6 Å². The van der Waals surface area contributed by atoms with E-state index in [9.17, 15) is 14.4 Å². The summed E-state index contributed by atoms with van der Waals surface area (Å²) in [6.45, 7) is 7.62. The molecule has 0 aliphatic heterocycles. The maximum absolute atomic E-state index is 12.6. The molecule has 6 nitrogen and oxygen atoms in total. The fourth-order valence-corrected chi connectivity index (χ4v) is 3.08. The topological polar surface area (TPSA) is 78.9 Å². The highest BCUT2D eigenvalue weighted by atomic mass is 16.5. The van der Waals surface area contributed by atoms with Crippen molar-refractivity contribution in [1.82, 2.24) is 0 Å². The summed E-state index contributed by atoms with van der Waals surface area (Å²) in [5, 5.41) is 0. The number of fused-ring (bicyclic) bond motifs is 1. The molecule has 0 radical (unpaired) electrons. The molecule has 0 spiro atoms. The fourth-order valence-electron chi connectivity index (χ4n) is 3.08. The van der Waals surface area contributed by atoms with Crippen LogP contribution in [0.1, 0.15) is 72.9 Å². The van der Waals surface area contributed by atoms with Crippen molar-refractivity contribution < 1.29 is 28.6 Å². The van der Waals surface area contributed by atoms with Gasteiger partial charge in [0.05, 0.1) is 31.3 Å². The van der Waals surface area contributed by atoms with Gasteiger partial charge in [-0.15, -0.1) is 0 Å². The Kier molecular flexibility index (Phi) is 7.37. The van der Waals surface area contributed by atoms with E-state index in [0.29, 0.717) is 18.4 Å². The van der Waals surface area contributed by atoms with Gasteiger partial charge >= 0.3 is 5.97 Å². The molecule has 0 fully saturated rings. The molecular weight excluding hydrogens is 372 g/mol. The number of benzene rings is 1. The Balaban J connectivity index is 2.68. The van der Waals surface area contributed by atoms with Crippen molar-refractivity contribution in [2.45, 2.75) is 46.6 Å². The molecule has 29 heavy (non-hydrogen) atoms. The van der Waals surface area contributed by atoms with Crippen LogP contribution in [0, 0.1) is 5.92 Å². The summed E-state index contributed by atoms with van der Waals surface area (Å²) < 4.78 is 16.7. The van der Waals surface area contributed by atoms with E-state index in [-0.39, 0.29) is 46.1 Å². The standard InChI is InChI=1S/C23H28O6/c1-7-14(4)23(26)29-18(11-8-13(2)3)15-12-19(27-5)20-16(24)9-10-17(25)21(20)22(15)28-6/h8-10,12,14,18H,7,11H2,1-6H3/t14?,18-/m1/s1. The predicted molar refractivity (Wildman–Crippen MR) is 110 cm³/mol. The van der Waals surface area contributed by atoms with E-state index >= 15 is 0 Å². The number of ether oxygens (including phenoxy) is 3. The average Bonchev–Trinajstić information content (AvgIpc) is 2.71. The Morgan fingerprint density at radius 3 is 2.21 bits per heavy atom. The van der Waals surface area contributed by atoms with Gasteiger partial charge in [0.25, 0.3) is 0 Å². The average molecular weight is 400 g/mol. The number of methoxy groups -OCH3 is 2. The summed E-state index contributed by atoms with van der Waals surface area (Å²) in [5.41, 5.74) is 1.85. The summed E-state index contributed by atoms with van der Waals surface area (Å²) >= 11 is 0. The van der Waals surface area contributed by atoms with Gasteiger partial charge in [-0.05, 0) is 38.5 Å². The Bertz CT molecular complexity index is 874. The van der Waals surface area contributed by atoms with Crippen LogP contribution in [0.2, 0.25) is 0 Å². The van der Waals surface area contributed by atoms with Crippen LogP contribution in [-0.4, -0.2) is 31.8 Å². The van der Waals surface area contributed by atoms with Crippen molar-refractivity contribution in [3.05, 3.63) is 46.6 Å². The number of ketones is 2. The largest absolute Gasteiger partial charge is 0.496 e. The lowest BCUT2D eigenvalue weighted by molar-refractivity contribution is -0.153. The third kappa shape index (κ3) is 4.75. The maximum atomic E-state index is 12.6. The zero-order valence-electron chi connectivity index (χ0n) is 17.8. The third-order valence-corrected chi connectivity index (χ3v) is 4.94. The minimum Gasteiger partial charge on any atom is -0.496 e. The van der Waals surface area contributed by atoms with E-state index in [1.54, 1.807) is 13.0 Å². The summed E-state index contributed by atoms with van der Waals surface area (Å²) in [5.74, 6) is -0.806. The number of allylic oxidation sites excluding steroid dienone is 3. The highest BCUT2D eigenvalue weighted by molar-refractivity contribution is 6.24.